The lowest BCUT2D eigenvalue weighted by Gasteiger charge is -2.34. The molecule has 11 nitrogen and oxygen atoms in total. The predicted octanol–water partition coefficient (Wildman–Crippen LogP) is 3.30. The molecule has 11 heteroatoms. The zero-order valence-corrected chi connectivity index (χ0v) is 23.5. The Morgan fingerprint density at radius 3 is 2.29 bits per heavy atom. The van der Waals surface area contributed by atoms with Crippen molar-refractivity contribution in [1.29, 1.82) is 0 Å². The van der Waals surface area contributed by atoms with Crippen molar-refractivity contribution in [2.45, 2.75) is 51.1 Å². The number of rotatable bonds is 8. The van der Waals surface area contributed by atoms with Gasteiger partial charge in [-0.3, -0.25) is 9.59 Å². The van der Waals surface area contributed by atoms with E-state index >= 15 is 0 Å². The van der Waals surface area contributed by atoms with Crippen molar-refractivity contribution in [3.8, 4) is 28.7 Å². The molecular weight excluding hydrogens is 532 g/mol. The molecular formula is C30H34N2O9. The molecule has 2 amide bonds. The molecule has 0 aromatic heterocycles. The fourth-order valence-corrected chi connectivity index (χ4v) is 5.99. The third-order valence-electron chi connectivity index (χ3n) is 8.21. The molecule has 2 N–H and O–H groups in total. The summed E-state index contributed by atoms with van der Waals surface area (Å²) in [7, 11) is 2.92. The number of methoxy groups -OCH3 is 2. The van der Waals surface area contributed by atoms with Crippen LogP contribution in [0.5, 0.6) is 28.7 Å². The second-order valence-electron chi connectivity index (χ2n) is 11.3. The lowest BCUT2D eigenvalue weighted by atomic mass is 9.67. The summed E-state index contributed by atoms with van der Waals surface area (Å²) in [5.41, 5.74) is 2.73. The van der Waals surface area contributed by atoms with E-state index in [9.17, 15) is 14.4 Å². The van der Waals surface area contributed by atoms with Crippen LogP contribution in [0.25, 0.3) is 0 Å². The van der Waals surface area contributed by atoms with Crippen molar-refractivity contribution in [3.63, 3.8) is 0 Å². The first kappa shape index (κ1) is 27.0. The fourth-order valence-electron chi connectivity index (χ4n) is 5.99. The van der Waals surface area contributed by atoms with Gasteiger partial charge >= 0.3 is 12.1 Å². The smallest absolute Gasteiger partial charge is 0.413 e. The maximum absolute atomic E-state index is 13.0. The highest BCUT2D eigenvalue weighted by Gasteiger charge is 2.48. The van der Waals surface area contributed by atoms with Crippen LogP contribution in [0.4, 0.5) is 4.79 Å². The molecule has 1 saturated heterocycles. The summed E-state index contributed by atoms with van der Waals surface area (Å²) in [5, 5.41) is 5.61. The van der Waals surface area contributed by atoms with Crippen molar-refractivity contribution in [3.05, 3.63) is 41.0 Å². The van der Waals surface area contributed by atoms with Crippen molar-refractivity contribution in [1.82, 2.24) is 10.6 Å². The number of cyclic esters (lactones) is 1. The van der Waals surface area contributed by atoms with Crippen LogP contribution in [-0.4, -0.2) is 57.7 Å². The van der Waals surface area contributed by atoms with Gasteiger partial charge in [0.05, 0.1) is 26.7 Å². The first-order valence-electron chi connectivity index (χ1n) is 13.9. The third kappa shape index (κ3) is 5.09. The SMILES string of the molecule is COc1cc([C@@H]2c3cc4c(cc3C[C@H]3COC(=O)[C@@H]32)OCO4)cc(OC)c1OC(=O)N[C@H](C(=O)NC1CC1)C(C)C. The highest BCUT2D eigenvalue weighted by atomic mass is 16.7. The van der Waals surface area contributed by atoms with Crippen molar-refractivity contribution < 1.29 is 42.8 Å². The highest BCUT2D eigenvalue weighted by Crippen LogP contribution is 2.52. The maximum Gasteiger partial charge on any atom is 0.413 e. The van der Waals surface area contributed by atoms with Crippen LogP contribution in [0.2, 0.25) is 0 Å². The van der Waals surface area contributed by atoms with Gasteiger partial charge in [0.2, 0.25) is 18.4 Å². The van der Waals surface area contributed by atoms with E-state index in [1.54, 1.807) is 12.1 Å². The number of hydrogen-bond donors (Lipinski definition) is 2. The van der Waals surface area contributed by atoms with Crippen LogP contribution in [-0.2, 0) is 20.7 Å². The van der Waals surface area contributed by atoms with Gasteiger partial charge in [0, 0.05) is 17.9 Å². The minimum absolute atomic E-state index is 0.00572. The lowest BCUT2D eigenvalue weighted by Crippen LogP contribution is -2.51. The molecule has 2 aliphatic carbocycles. The maximum atomic E-state index is 13.0. The number of ether oxygens (including phenoxy) is 6. The topological polar surface area (TPSA) is 131 Å². The summed E-state index contributed by atoms with van der Waals surface area (Å²) in [6.45, 7) is 4.19. The zero-order valence-electron chi connectivity index (χ0n) is 23.5. The summed E-state index contributed by atoms with van der Waals surface area (Å²) in [5.74, 6) is 0.397. The standard InChI is InChI=1S/C30H34N2O9/c1-14(2)26(28(33)31-18-5-6-18)32-30(35)41-27-22(36-3)9-16(10-23(27)37-4)24-19-11-21-20(39-13-40-21)8-15(19)7-17-12-38-29(34)25(17)24/h8-11,14,17-18,24-26H,5-7,12-13H2,1-4H3,(H,31,33)(H,32,35)/t17-,24+,25-,26-/m0/s1. The van der Waals surface area contributed by atoms with Crippen LogP contribution < -0.4 is 34.3 Å². The van der Waals surface area contributed by atoms with E-state index in [0.29, 0.717) is 24.5 Å². The Labute approximate surface area is 237 Å². The first-order valence-corrected chi connectivity index (χ1v) is 13.9. The number of esters is 1. The van der Waals surface area contributed by atoms with Crippen molar-refractivity contribution >= 4 is 18.0 Å². The van der Waals surface area contributed by atoms with Gasteiger partial charge in [-0.05, 0) is 66.1 Å². The molecule has 218 valence electrons. The molecule has 0 unspecified atom stereocenters. The van der Waals surface area contributed by atoms with E-state index in [4.69, 9.17) is 28.4 Å². The normalized spacial score (nSPS) is 22.8. The number of nitrogens with one attached hydrogen (secondary N) is 2. The Morgan fingerprint density at radius 1 is 0.976 bits per heavy atom. The molecule has 41 heavy (non-hydrogen) atoms. The minimum Gasteiger partial charge on any atom is -0.493 e. The van der Waals surface area contributed by atoms with E-state index < -0.39 is 18.1 Å². The second kappa shape index (κ2) is 10.7. The van der Waals surface area contributed by atoms with Crippen molar-refractivity contribution in [2.75, 3.05) is 27.6 Å². The highest BCUT2D eigenvalue weighted by molar-refractivity contribution is 5.87. The van der Waals surface area contributed by atoms with Crippen LogP contribution >= 0.6 is 0 Å². The van der Waals surface area contributed by atoms with Gasteiger partial charge in [0.1, 0.15) is 6.04 Å². The molecule has 2 aromatic carbocycles. The molecule has 1 saturated carbocycles. The lowest BCUT2D eigenvalue weighted by molar-refractivity contribution is -0.141. The third-order valence-corrected chi connectivity index (χ3v) is 8.21. The number of hydrogen-bond acceptors (Lipinski definition) is 9. The molecule has 0 spiro atoms. The van der Waals surface area contributed by atoms with E-state index in [0.717, 1.165) is 29.5 Å². The summed E-state index contributed by atoms with van der Waals surface area (Å²) in [4.78, 5) is 38.7. The Hall–Kier alpha value is -4.15. The van der Waals surface area contributed by atoms with Gasteiger partial charge in [-0.1, -0.05) is 13.8 Å². The summed E-state index contributed by atoms with van der Waals surface area (Å²) in [6, 6.07) is 6.80. The van der Waals surface area contributed by atoms with Crippen LogP contribution in [0.1, 0.15) is 49.3 Å². The quantitative estimate of drug-likeness (QED) is 0.462. The van der Waals surface area contributed by atoms with Gasteiger partial charge < -0.3 is 39.1 Å². The van der Waals surface area contributed by atoms with Crippen LogP contribution in [0.3, 0.4) is 0 Å². The molecule has 2 heterocycles. The van der Waals surface area contributed by atoms with E-state index in [1.807, 2.05) is 26.0 Å². The molecule has 4 atom stereocenters. The van der Waals surface area contributed by atoms with Gasteiger partial charge in [0.25, 0.3) is 0 Å². The number of carbonyl (C=O) groups is 3. The largest absolute Gasteiger partial charge is 0.493 e. The van der Waals surface area contributed by atoms with Crippen LogP contribution in [0, 0.1) is 17.8 Å². The first-order chi connectivity index (χ1) is 19.8. The molecule has 2 fully saturated rings. The average molecular weight is 567 g/mol. The fraction of sp³-hybridized carbons (Fsp3) is 0.500. The molecule has 0 radical (unpaired) electrons. The van der Waals surface area contributed by atoms with E-state index in [1.165, 1.54) is 14.2 Å². The zero-order chi connectivity index (χ0) is 28.8. The van der Waals surface area contributed by atoms with Gasteiger partial charge in [-0.25, -0.2) is 4.79 Å². The van der Waals surface area contributed by atoms with Gasteiger partial charge in [-0.2, -0.15) is 0 Å². The summed E-state index contributed by atoms with van der Waals surface area (Å²) < 4.78 is 33.7. The summed E-state index contributed by atoms with van der Waals surface area (Å²) >= 11 is 0. The van der Waals surface area contributed by atoms with E-state index in [2.05, 4.69) is 10.6 Å². The Bertz CT molecular complexity index is 1360. The van der Waals surface area contributed by atoms with Gasteiger partial charge in [0.15, 0.2) is 23.0 Å². The molecule has 2 aromatic rings. The number of carbonyl (C=O) groups excluding carboxylic acids is 3. The number of amides is 2. The van der Waals surface area contributed by atoms with Crippen molar-refractivity contribution in [2.24, 2.45) is 17.8 Å². The van der Waals surface area contributed by atoms with Crippen LogP contribution in [0.15, 0.2) is 24.3 Å². The number of fused-ring (bicyclic) bond motifs is 3. The Morgan fingerprint density at radius 2 is 1.66 bits per heavy atom. The Kier molecular flexibility index (Phi) is 7.04. The average Bonchev–Trinajstić information content (AvgIpc) is 3.52. The van der Waals surface area contributed by atoms with Gasteiger partial charge in [-0.15, -0.1) is 0 Å². The molecule has 0 bridgehead atoms. The summed E-state index contributed by atoms with van der Waals surface area (Å²) in [6.07, 6.45) is 1.75. The second-order valence-corrected chi connectivity index (χ2v) is 11.3. The molecule has 4 aliphatic rings. The minimum atomic E-state index is -0.811. The predicted molar refractivity (Wildman–Crippen MR) is 145 cm³/mol. The van der Waals surface area contributed by atoms with E-state index in [-0.39, 0.29) is 59.7 Å². The number of benzene rings is 2. The molecule has 6 rings (SSSR count). The monoisotopic (exact) mass is 566 g/mol. The Balaban J connectivity index is 1.33. The molecule has 2 aliphatic heterocycles.